The Bertz CT molecular complexity index is 1200. The van der Waals surface area contributed by atoms with E-state index in [0.29, 0.717) is 12.8 Å². The second kappa shape index (κ2) is 34.7. The number of hydrogen-bond donors (Lipinski definition) is 4. The van der Waals surface area contributed by atoms with Crippen LogP contribution >= 0.6 is 0 Å². The fraction of sp³-hybridized carbons (Fsp3) is 0.818. The van der Waals surface area contributed by atoms with Crippen LogP contribution < -0.4 is 0 Å². The van der Waals surface area contributed by atoms with E-state index in [1.807, 2.05) is 0 Å². The number of unbranched alkanes of at least 4 members (excludes halogenated alkanes) is 18. The maximum absolute atomic E-state index is 12.8. The standard InChI is InChI=1S/C44H78O12S/c1-3-5-7-9-11-13-15-17-19-21-23-25-27-29-31-33-40(46)55-37(35-54-44-43(49)42(48)41(47)38(56-44)36-57(50,51)52)34-53-39(45)32-30-28-26-24-22-20-18-16-14-12-10-8-6-4-2/h11,13,16-19,37-38,41-44,47-49H,3-10,12,14-15,20-36H2,1-2H3,(H,50,51,52)/b13-11-,18-16-,19-17-. The molecule has 1 rings (SSSR count). The Labute approximate surface area is 344 Å². The summed E-state index contributed by atoms with van der Waals surface area (Å²) in [6, 6.07) is 0. The molecule has 0 radical (unpaired) electrons. The van der Waals surface area contributed by atoms with Crippen LogP contribution in [0.5, 0.6) is 0 Å². The number of carbonyl (C=O) groups is 2. The van der Waals surface area contributed by atoms with Crippen molar-refractivity contribution in [1.82, 2.24) is 0 Å². The van der Waals surface area contributed by atoms with Gasteiger partial charge in [-0.05, 0) is 70.6 Å². The smallest absolute Gasteiger partial charge is 0.306 e. The third-order valence-corrected chi connectivity index (χ3v) is 10.7. The predicted octanol–water partition coefficient (Wildman–Crippen LogP) is 8.61. The average molecular weight is 831 g/mol. The molecule has 4 N–H and O–H groups in total. The normalized spacial score (nSPS) is 20.8. The molecular formula is C44H78O12S. The lowest BCUT2D eigenvalue weighted by Crippen LogP contribution is -2.60. The Morgan fingerprint density at radius 3 is 1.60 bits per heavy atom. The highest BCUT2D eigenvalue weighted by Gasteiger charge is 2.46. The van der Waals surface area contributed by atoms with Crippen LogP contribution in [-0.2, 0) is 38.7 Å². The van der Waals surface area contributed by atoms with Gasteiger partial charge in [-0.25, -0.2) is 0 Å². The number of ether oxygens (including phenoxy) is 4. The van der Waals surface area contributed by atoms with Crippen molar-refractivity contribution in [3.63, 3.8) is 0 Å². The van der Waals surface area contributed by atoms with E-state index in [9.17, 15) is 37.9 Å². The summed E-state index contributed by atoms with van der Waals surface area (Å²) < 4.78 is 54.0. The average Bonchev–Trinajstić information content (AvgIpc) is 3.17. The highest BCUT2D eigenvalue weighted by molar-refractivity contribution is 7.85. The Balaban J connectivity index is 2.48. The molecule has 6 unspecified atom stereocenters. The first-order valence-corrected chi connectivity index (χ1v) is 23.7. The fourth-order valence-corrected chi connectivity index (χ4v) is 7.16. The van der Waals surface area contributed by atoms with Crippen LogP contribution in [0.1, 0.15) is 174 Å². The number of carbonyl (C=O) groups excluding carboxylic acids is 2. The topological polar surface area (TPSA) is 186 Å². The summed E-state index contributed by atoms with van der Waals surface area (Å²) in [7, 11) is -4.60. The molecule has 13 heteroatoms. The Kier molecular flexibility index (Phi) is 32.2. The molecule has 0 bridgehead atoms. The molecule has 0 amide bonds. The Hall–Kier alpha value is -2.13. The highest BCUT2D eigenvalue weighted by atomic mass is 32.2. The number of rotatable bonds is 36. The minimum atomic E-state index is -4.60. The largest absolute Gasteiger partial charge is 0.462 e. The van der Waals surface area contributed by atoms with E-state index in [1.54, 1.807) is 0 Å². The van der Waals surface area contributed by atoms with E-state index < -0.39 is 71.2 Å². The maximum atomic E-state index is 12.8. The molecule has 332 valence electrons. The molecule has 0 aliphatic carbocycles. The number of aliphatic hydroxyl groups is 3. The second-order valence-corrected chi connectivity index (χ2v) is 16.9. The summed E-state index contributed by atoms with van der Waals surface area (Å²) >= 11 is 0. The third-order valence-electron chi connectivity index (χ3n) is 9.94. The van der Waals surface area contributed by atoms with Crippen molar-refractivity contribution in [2.45, 2.75) is 211 Å². The molecule has 1 heterocycles. The Morgan fingerprint density at radius 2 is 1.05 bits per heavy atom. The van der Waals surface area contributed by atoms with Crippen molar-refractivity contribution in [2.75, 3.05) is 19.0 Å². The minimum absolute atomic E-state index is 0.147. The van der Waals surface area contributed by atoms with Crippen LogP contribution in [0.2, 0.25) is 0 Å². The summed E-state index contributed by atoms with van der Waals surface area (Å²) in [5.41, 5.74) is 0. The zero-order valence-electron chi connectivity index (χ0n) is 35.2. The van der Waals surface area contributed by atoms with E-state index in [0.717, 1.165) is 83.5 Å². The van der Waals surface area contributed by atoms with Gasteiger partial charge in [-0.3, -0.25) is 14.1 Å². The summed E-state index contributed by atoms with van der Waals surface area (Å²) in [5.74, 6) is -2.01. The first kappa shape index (κ1) is 52.9. The van der Waals surface area contributed by atoms with Gasteiger partial charge in [0, 0.05) is 12.8 Å². The zero-order valence-corrected chi connectivity index (χ0v) is 36.0. The van der Waals surface area contributed by atoms with Crippen molar-refractivity contribution in [3.05, 3.63) is 36.5 Å². The lowest BCUT2D eigenvalue weighted by molar-refractivity contribution is -0.297. The lowest BCUT2D eigenvalue weighted by atomic mass is 10.00. The molecule has 0 saturated carbocycles. The highest BCUT2D eigenvalue weighted by Crippen LogP contribution is 2.24. The van der Waals surface area contributed by atoms with Gasteiger partial charge in [0.1, 0.15) is 36.8 Å². The number of hydrogen-bond acceptors (Lipinski definition) is 11. The van der Waals surface area contributed by atoms with Gasteiger partial charge in [-0.1, -0.05) is 127 Å². The molecule has 0 aromatic rings. The van der Waals surface area contributed by atoms with E-state index in [2.05, 4.69) is 50.3 Å². The van der Waals surface area contributed by atoms with Crippen LogP contribution in [-0.4, -0.2) is 96.0 Å². The molecule has 0 spiro atoms. The van der Waals surface area contributed by atoms with Crippen LogP contribution in [0.4, 0.5) is 0 Å². The molecule has 1 saturated heterocycles. The van der Waals surface area contributed by atoms with E-state index in [-0.39, 0.29) is 19.4 Å². The number of aliphatic hydroxyl groups excluding tert-OH is 3. The fourth-order valence-electron chi connectivity index (χ4n) is 6.46. The number of allylic oxidation sites excluding steroid dienone is 6. The first-order chi connectivity index (χ1) is 27.5. The molecule has 1 aliphatic rings. The SMILES string of the molecule is CCCCC/C=C\C/C=C\CCCCCCCC(=O)OC(COC(=O)CCCCCCC/C=C\CCCCCCC)COC1OC(CS(=O)(=O)O)C(O)C(O)C1O. The molecule has 57 heavy (non-hydrogen) atoms. The van der Waals surface area contributed by atoms with Crippen molar-refractivity contribution >= 4 is 22.1 Å². The quantitative estimate of drug-likeness (QED) is 0.0204. The summed E-state index contributed by atoms with van der Waals surface area (Å²) in [6.07, 6.45) is 29.0. The van der Waals surface area contributed by atoms with E-state index in [4.69, 9.17) is 18.9 Å². The van der Waals surface area contributed by atoms with Gasteiger partial charge in [-0.2, -0.15) is 8.42 Å². The van der Waals surface area contributed by atoms with Gasteiger partial charge in [0.15, 0.2) is 12.4 Å². The molecule has 0 aromatic carbocycles. The predicted molar refractivity (Wildman–Crippen MR) is 224 cm³/mol. The molecule has 12 nitrogen and oxygen atoms in total. The van der Waals surface area contributed by atoms with Crippen LogP contribution in [0.15, 0.2) is 36.5 Å². The van der Waals surface area contributed by atoms with Gasteiger partial charge < -0.3 is 34.3 Å². The third kappa shape index (κ3) is 29.7. The molecular weight excluding hydrogens is 753 g/mol. The summed E-state index contributed by atoms with van der Waals surface area (Å²) in [5, 5.41) is 30.8. The van der Waals surface area contributed by atoms with Crippen molar-refractivity contribution in [1.29, 1.82) is 0 Å². The van der Waals surface area contributed by atoms with Crippen molar-refractivity contribution in [2.24, 2.45) is 0 Å². The van der Waals surface area contributed by atoms with Gasteiger partial charge in [0.2, 0.25) is 0 Å². The Morgan fingerprint density at radius 1 is 0.596 bits per heavy atom. The van der Waals surface area contributed by atoms with Gasteiger partial charge >= 0.3 is 11.9 Å². The van der Waals surface area contributed by atoms with Crippen LogP contribution in [0.3, 0.4) is 0 Å². The molecule has 1 fully saturated rings. The maximum Gasteiger partial charge on any atom is 0.306 e. The summed E-state index contributed by atoms with van der Waals surface area (Å²) in [4.78, 5) is 25.4. The monoisotopic (exact) mass is 831 g/mol. The summed E-state index contributed by atoms with van der Waals surface area (Å²) in [6.45, 7) is 3.69. The second-order valence-electron chi connectivity index (χ2n) is 15.4. The zero-order chi connectivity index (χ0) is 42.0. The first-order valence-electron chi connectivity index (χ1n) is 22.0. The van der Waals surface area contributed by atoms with Crippen LogP contribution in [0, 0.1) is 0 Å². The minimum Gasteiger partial charge on any atom is -0.462 e. The van der Waals surface area contributed by atoms with Gasteiger partial charge in [0.25, 0.3) is 10.1 Å². The van der Waals surface area contributed by atoms with E-state index in [1.165, 1.54) is 51.4 Å². The molecule has 6 atom stereocenters. The van der Waals surface area contributed by atoms with Crippen molar-refractivity contribution < 1.29 is 56.8 Å². The lowest BCUT2D eigenvalue weighted by Gasteiger charge is -2.40. The van der Waals surface area contributed by atoms with Gasteiger partial charge in [-0.15, -0.1) is 0 Å². The van der Waals surface area contributed by atoms with E-state index >= 15 is 0 Å². The van der Waals surface area contributed by atoms with Gasteiger partial charge in [0.05, 0.1) is 6.61 Å². The number of esters is 2. The van der Waals surface area contributed by atoms with Crippen LogP contribution in [0.25, 0.3) is 0 Å². The molecule has 0 aromatic heterocycles. The molecule has 1 aliphatic heterocycles. The van der Waals surface area contributed by atoms with Crippen molar-refractivity contribution in [3.8, 4) is 0 Å².